The van der Waals surface area contributed by atoms with Gasteiger partial charge in [-0.15, -0.1) is 0 Å². The molecular weight excluding hydrogens is 288 g/mol. The SMILES string of the molecule is COc1ccc(NC(=O)c2[nH]ncc2Cl)c([N+](=O)[O-])c1. The number of hydrogen-bond donors (Lipinski definition) is 2. The van der Waals surface area contributed by atoms with Crippen molar-refractivity contribution < 1.29 is 14.5 Å². The van der Waals surface area contributed by atoms with Crippen LogP contribution in [0.1, 0.15) is 10.5 Å². The molecule has 0 saturated heterocycles. The number of carbonyl (C=O) groups is 1. The number of nitrogens with one attached hydrogen (secondary N) is 2. The van der Waals surface area contributed by atoms with Gasteiger partial charge in [0.15, 0.2) is 0 Å². The van der Waals surface area contributed by atoms with Gasteiger partial charge in [-0.25, -0.2) is 0 Å². The number of rotatable bonds is 4. The number of halogens is 1. The number of methoxy groups -OCH3 is 1. The molecule has 0 aliphatic carbocycles. The standard InChI is InChI=1S/C11H9ClN4O4/c1-20-6-2-3-8(9(4-6)16(18)19)14-11(17)10-7(12)5-13-15-10/h2-5H,1H3,(H,13,15)(H,14,17). The van der Waals surface area contributed by atoms with Gasteiger partial charge in [-0.3, -0.25) is 20.0 Å². The maximum absolute atomic E-state index is 11.9. The predicted octanol–water partition coefficient (Wildman–Crippen LogP) is 2.23. The highest BCUT2D eigenvalue weighted by molar-refractivity contribution is 6.34. The largest absolute Gasteiger partial charge is 0.496 e. The minimum atomic E-state index is -0.624. The number of aromatic amines is 1. The van der Waals surface area contributed by atoms with Crippen LogP contribution in [0, 0.1) is 10.1 Å². The van der Waals surface area contributed by atoms with E-state index >= 15 is 0 Å². The molecule has 8 nitrogen and oxygen atoms in total. The van der Waals surface area contributed by atoms with Crippen LogP contribution in [-0.4, -0.2) is 28.1 Å². The summed E-state index contributed by atoms with van der Waals surface area (Å²) in [6.07, 6.45) is 1.26. The van der Waals surface area contributed by atoms with Crippen molar-refractivity contribution in [2.24, 2.45) is 0 Å². The maximum Gasteiger partial charge on any atom is 0.296 e. The molecule has 2 rings (SSSR count). The molecule has 0 unspecified atom stereocenters. The third-order valence-corrected chi connectivity index (χ3v) is 2.76. The lowest BCUT2D eigenvalue weighted by Gasteiger charge is -2.06. The molecule has 2 aromatic rings. The summed E-state index contributed by atoms with van der Waals surface area (Å²) in [5.41, 5.74) is -0.225. The first-order valence-electron chi connectivity index (χ1n) is 5.35. The monoisotopic (exact) mass is 296 g/mol. The van der Waals surface area contributed by atoms with Gasteiger partial charge in [-0.05, 0) is 12.1 Å². The number of aromatic nitrogens is 2. The number of nitro benzene ring substituents is 1. The fourth-order valence-electron chi connectivity index (χ4n) is 1.51. The normalized spacial score (nSPS) is 10.1. The Hall–Kier alpha value is -2.61. The molecule has 1 amide bonds. The van der Waals surface area contributed by atoms with Crippen molar-refractivity contribution in [3.8, 4) is 5.75 Å². The molecule has 0 radical (unpaired) electrons. The van der Waals surface area contributed by atoms with Gasteiger partial charge < -0.3 is 10.1 Å². The molecule has 2 N–H and O–H groups in total. The van der Waals surface area contributed by atoms with Crippen LogP contribution < -0.4 is 10.1 Å². The summed E-state index contributed by atoms with van der Waals surface area (Å²) < 4.78 is 4.90. The van der Waals surface area contributed by atoms with Crippen LogP contribution in [0.25, 0.3) is 0 Å². The van der Waals surface area contributed by atoms with E-state index in [1.807, 2.05) is 0 Å². The van der Waals surface area contributed by atoms with Crippen LogP contribution in [0.5, 0.6) is 5.75 Å². The molecule has 104 valence electrons. The summed E-state index contributed by atoms with van der Waals surface area (Å²) in [7, 11) is 1.39. The number of amides is 1. The van der Waals surface area contributed by atoms with Crippen LogP contribution in [0.3, 0.4) is 0 Å². The third-order valence-electron chi connectivity index (χ3n) is 2.47. The Kier molecular flexibility index (Phi) is 3.85. The van der Waals surface area contributed by atoms with Gasteiger partial charge in [-0.1, -0.05) is 11.6 Å². The Morgan fingerprint density at radius 3 is 2.85 bits per heavy atom. The average molecular weight is 297 g/mol. The lowest BCUT2D eigenvalue weighted by molar-refractivity contribution is -0.384. The zero-order valence-electron chi connectivity index (χ0n) is 10.2. The molecule has 20 heavy (non-hydrogen) atoms. The minimum Gasteiger partial charge on any atom is -0.496 e. The quantitative estimate of drug-likeness (QED) is 0.664. The molecule has 1 heterocycles. The van der Waals surface area contributed by atoms with E-state index < -0.39 is 10.8 Å². The van der Waals surface area contributed by atoms with Gasteiger partial charge in [-0.2, -0.15) is 5.10 Å². The molecule has 1 aromatic carbocycles. The summed E-state index contributed by atoms with van der Waals surface area (Å²) in [4.78, 5) is 22.3. The zero-order chi connectivity index (χ0) is 14.7. The average Bonchev–Trinajstić information content (AvgIpc) is 2.85. The van der Waals surface area contributed by atoms with Gasteiger partial charge in [0.1, 0.15) is 17.1 Å². The molecule has 1 aromatic heterocycles. The minimum absolute atomic E-state index is 0.0248. The van der Waals surface area contributed by atoms with Crippen molar-refractivity contribution >= 4 is 28.9 Å². The second-order valence-corrected chi connectivity index (χ2v) is 4.09. The Bertz CT molecular complexity index is 670. The topological polar surface area (TPSA) is 110 Å². The van der Waals surface area contributed by atoms with Crippen LogP contribution in [0.15, 0.2) is 24.4 Å². The Balaban J connectivity index is 2.32. The zero-order valence-corrected chi connectivity index (χ0v) is 11.0. The number of hydrogen-bond acceptors (Lipinski definition) is 5. The van der Waals surface area contributed by atoms with Crippen LogP contribution >= 0.6 is 11.6 Å². The first-order valence-corrected chi connectivity index (χ1v) is 5.73. The van der Waals surface area contributed by atoms with Gasteiger partial charge in [0, 0.05) is 0 Å². The molecule has 0 aliphatic rings. The number of nitro groups is 1. The molecule has 0 saturated carbocycles. The van der Waals surface area contributed by atoms with Gasteiger partial charge in [0.2, 0.25) is 0 Å². The molecule has 0 aliphatic heterocycles. The van der Waals surface area contributed by atoms with E-state index in [9.17, 15) is 14.9 Å². The van der Waals surface area contributed by atoms with E-state index in [1.165, 1.54) is 31.5 Å². The fourth-order valence-corrected chi connectivity index (χ4v) is 1.69. The fraction of sp³-hybridized carbons (Fsp3) is 0.0909. The predicted molar refractivity (Wildman–Crippen MR) is 71.2 cm³/mol. The lowest BCUT2D eigenvalue weighted by Crippen LogP contribution is -2.14. The van der Waals surface area contributed by atoms with E-state index in [2.05, 4.69) is 15.5 Å². The summed E-state index contributed by atoms with van der Waals surface area (Å²) >= 11 is 5.74. The van der Waals surface area contributed by atoms with E-state index in [-0.39, 0.29) is 22.1 Å². The molecule has 0 spiro atoms. The number of anilines is 1. The lowest BCUT2D eigenvalue weighted by atomic mass is 10.2. The van der Waals surface area contributed by atoms with E-state index in [0.29, 0.717) is 5.75 Å². The van der Waals surface area contributed by atoms with Gasteiger partial charge in [0.25, 0.3) is 11.6 Å². The second kappa shape index (κ2) is 5.57. The highest BCUT2D eigenvalue weighted by atomic mass is 35.5. The van der Waals surface area contributed by atoms with Crippen molar-refractivity contribution in [2.75, 3.05) is 12.4 Å². The van der Waals surface area contributed by atoms with Crippen molar-refractivity contribution in [1.29, 1.82) is 0 Å². The Morgan fingerprint density at radius 2 is 2.30 bits per heavy atom. The Labute approximate surface area is 117 Å². The summed E-state index contributed by atoms with van der Waals surface area (Å²) in [6.45, 7) is 0. The second-order valence-electron chi connectivity index (χ2n) is 3.69. The van der Waals surface area contributed by atoms with E-state index in [4.69, 9.17) is 16.3 Å². The van der Waals surface area contributed by atoms with E-state index in [0.717, 1.165) is 0 Å². The van der Waals surface area contributed by atoms with Crippen LogP contribution in [0.2, 0.25) is 5.02 Å². The van der Waals surface area contributed by atoms with Crippen molar-refractivity contribution in [2.45, 2.75) is 0 Å². The number of ether oxygens (including phenoxy) is 1. The van der Waals surface area contributed by atoms with E-state index in [1.54, 1.807) is 0 Å². The smallest absolute Gasteiger partial charge is 0.296 e. The maximum atomic E-state index is 11.9. The van der Waals surface area contributed by atoms with Crippen molar-refractivity contribution in [3.05, 3.63) is 45.2 Å². The van der Waals surface area contributed by atoms with Crippen molar-refractivity contribution in [3.63, 3.8) is 0 Å². The summed E-state index contributed by atoms with van der Waals surface area (Å²) in [5, 5.41) is 19.5. The number of carbonyl (C=O) groups excluding carboxylic acids is 1. The first kappa shape index (κ1) is 13.8. The van der Waals surface area contributed by atoms with Crippen LogP contribution in [-0.2, 0) is 0 Å². The molecular formula is C11H9ClN4O4. The van der Waals surface area contributed by atoms with Gasteiger partial charge in [0.05, 0.1) is 29.3 Å². The first-order chi connectivity index (χ1) is 9.52. The summed E-state index contributed by atoms with van der Waals surface area (Å²) in [6, 6.07) is 4.08. The molecule has 0 bridgehead atoms. The molecule has 9 heteroatoms. The van der Waals surface area contributed by atoms with Gasteiger partial charge >= 0.3 is 0 Å². The molecule has 0 atom stereocenters. The number of benzene rings is 1. The van der Waals surface area contributed by atoms with Crippen molar-refractivity contribution in [1.82, 2.24) is 10.2 Å². The summed E-state index contributed by atoms with van der Waals surface area (Å²) in [5.74, 6) is -0.310. The Morgan fingerprint density at radius 1 is 1.55 bits per heavy atom. The molecule has 0 fully saturated rings. The highest BCUT2D eigenvalue weighted by Gasteiger charge is 2.19. The highest BCUT2D eigenvalue weighted by Crippen LogP contribution is 2.29. The third kappa shape index (κ3) is 2.69. The number of H-pyrrole nitrogens is 1. The van der Waals surface area contributed by atoms with Crippen LogP contribution in [0.4, 0.5) is 11.4 Å². The number of nitrogens with zero attached hydrogens (tertiary/aromatic N) is 2.